The molecule has 2 aromatic heterocycles. The van der Waals surface area contributed by atoms with E-state index in [0.29, 0.717) is 42.5 Å². The van der Waals surface area contributed by atoms with E-state index in [1.165, 1.54) is 30.7 Å². The van der Waals surface area contributed by atoms with Crippen molar-refractivity contribution in [3.05, 3.63) is 34.9 Å². The topological polar surface area (TPSA) is 144 Å². The lowest BCUT2D eigenvalue weighted by molar-refractivity contribution is -0.133. The molecule has 0 bridgehead atoms. The molecule has 2 aliphatic rings. The number of imide groups is 1. The summed E-state index contributed by atoms with van der Waals surface area (Å²) in [6.07, 6.45) is 5.47. The number of urea groups is 1. The van der Waals surface area contributed by atoms with Crippen molar-refractivity contribution in [3.63, 3.8) is 0 Å². The zero-order valence-electron chi connectivity index (χ0n) is 17.7. The van der Waals surface area contributed by atoms with E-state index in [2.05, 4.69) is 37.4 Å². The Hall–Kier alpha value is -3.43. The number of carbonyl (C=O) groups excluding carboxylic acids is 3. The lowest BCUT2D eigenvalue weighted by Gasteiger charge is -2.39. The fraction of sp³-hybridized carbons (Fsp3) is 0.450. The van der Waals surface area contributed by atoms with E-state index in [9.17, 15) is 14.4 Å². The number of rotatable bonds is 5. The Kier molecular flexibility index (Phi) is 5.86. The molecule has 0 saturated carbocycles. The quantitative estimate of drug-likeness (QED) is 0.645. The van der Waals surface area contributed by atoms with Crippen LogP contribution in [0.2, 0.25) is 0 Å². The predicted octanol–water partition coefficient (Wildman–Crippen LogP) is 1.41. The van der Waals surface area contributed by atoms with Gasteiger partial charge in [-0.2, -0.15) is 5.26 Å². The van der Waals surface area contributed by atoms with Gasteiger partial charge in [-0.3, -0.25) is 19.4 Å². The van der Waals surface area contributed by atoms with Gasteiger partial charge in [0.15, 0.2) is 5.13 Å². The van der Waals surface area contributed by atoms with Gasteiger partial charge >= 0.3 is 6.03 Å². The molecule has 0 radical (unpaired) electrons. The van der Waals surface area contributed by atoms with E-state index in [1.807, 2.05) is 6.07 Å². The smallest absolute Gasteiger partial charge is 0.323 e. The van der Waals surface area contributed by atoms with Gasteiger partial charge in [0.05, 0.1) is 12.1 Å². The van der Waals surface area contributed by atoms with Gasteiger partial charge in [-0.05, 0) is 19.8 Å². The number of amides is 4. The normalized spacial score (nSPS) is 19.0. The lowest BCUT2D eigenvalue weighted by Crippen LogP contribution is -2.55. The third-order valence-electron chi connectivity index (χ3n) is 5.80. The highest BCUT2D eigenvalue weighted by Gasteiger charge is 2.52. The van der Waals surface area contributed by atoms with Gasteiger partial charge in [0, 0.05) is 49.5 Å². The number of nitrogens with zero attached hydrogens (tertiary/aromatic N) is 6. The molecule has 1 unspecified atom stereocenters. The number of hydrogen-bond donors (Lipinski definition) is 2. The van der Waals surface area contributed by atoms with E-state index in [4.69, 9.17) is 5.26 Å². The number of thiazole rings is 1. The summed E-state index contributed by atoms with van der Waals surface area (Å²) in [5, 5.41) is 15.0. The minimum Gasteiger partial charge on any atom is -0.323 e. The first-order chi connectivity index (χ1) is 15.3. The Morgan fingerprint density at radius 2 is 1.97 bits per heavy atom. The molecule has 32 heavy (non-hydrogen) atoms. The van der Waals surface area contributed by atoms with Crippen LogP contribution in [-0.4, -0.2) is 61.2 Å². The molecule has 2 fully saturated rings. The second-order valence-electron chi connectivity index (χ2n) is 7.86. The van der Waals surface area contributed by atoms with Crippen molar-refractivity contribution in [1.29, 1.82) is 5.26 Å². The zero-order chi connectivity index (χ0) is 22.9. The minimum absolute atomic E-state index is 0.0367. The molecular formula is C20H22N8O3S. The van der Waals surface area contributed by atoms with Crippen LogP contribution in [0.1, 0.15) is 49.0 Å². The van der Waals surface area contributed by atoms with Crippen molar-refractivity contribution in [2.24, 2.45) is 0 Å². The standard InChI is InChI=1S/C20H22N8O3S/c1-12(15-10-24-18(32-15)25-13(2)29)27-5-3-20(4-6-27)17(30)28(19(31)26-20)11-16-22-8-14(7-21)9-23-16/h8-10,12H,3-6,11H2,1-2H3,(H,26,31)(H,24,25,29). The number of anilines is 1. The molecule has 2 saturated heterocycles. The Morgan fingerprint density at radius 1 is 1.28 bits per heavy atom. The highest BCUT2D eigenvalue weighted by atomic mass is 32.1. The summed E-state index contributed by atoms with van der Waals surface area (Å²) in [7, 11) is 0. The minimum atomic E-state index is -0.922. The van der Waals surface area contributed by atoms with E-state index in [0.717, 1.165) is 9.78 Å². The van der Waals surface area contributed by atoms with Crippen LogP contribution in [0, 0.1) is 11.3 Å². The number of carbonyl (C=O) groups is 3. The van der Waals surface area contributed by atoms with Gasteiger partial charge in [0.2, 0.25) is 5.91 Å². The van der Waals surface area contributed by atoms with Crippen LogP contribution in [0.4, 0.5) is 9.93 Å². The van der Waals surface area contributed by atoms with Crippen LogP contribution in [0.15, 0.2) is 18.6 Å². The molecule has 4 rings (SSSR count). The van der Waals surface area contributed by atoms with Crippen LogP contribution in [0.3, 0.4) is 0 Å². The van der Waals surface area contributed by atoms with E-state index in [-0.39, 0.29) is 24.4 Å². The van der Waals surface area contributed by atoms with Crippen molar-refractivity contribution < 1.29 is 14.4 Å². The van der Waals surface area contributed by atoms with Gasteiger partial charge in [-0.25, -0.2) is 19.7 Å². The average molecular weight is 455 g/mol. The van der Waals surface area contributed by atoms with Crippen LogP contribution in [0.25, 0.3) is 0 Å². The molecule has 0 aliphatic carbocycles. The third-order valence-corrected chi connectivity index (χ3v) is 6.88. The second-order valence-corrected chi connectivity index (χ2v) is 8.93. The summed E-state index contributed by atoms with van der Waals surface area (Å²) >= 11 is 1.43. The van der Waals surface area contributed by atoms with Crippen LogP contribution in [0.5, 0.6) is 0 Å². The highest BCUT2D eigenvalue weighted by Crippen LogP contribution is 2.35. The lowest BCUT2D eigenvalue weighted by atomic mass is 9.87. The first-order valence-corrected chi connectivity index (χ1v) is 11.0. The maximum absolute atomic E-state index is 13.1. The molecule has 166 valence electrons. The number of hydrogen-bond acceptors (Lipinski definition) is 9. The summed E-state index contributed by atoms with van der Waals surface area (Å²) < 4.78 is 0. The fourth-order valence-corrected chi connectivity index (χ4v) is 4.90. The molecule has 4 heterocycles. The fourth-order valence-electron chi connectivity index (χ4n) is 3.96. The van der Waals surface area contributed by atoms with Crippen molar-refractivity contribution >= 4 is 34.3 Å². The molecule has 2 N–H and O–H groups in total. The summed E-state index contributed by atoms with van der Waals surface area (Å²) in [6, 6.07) is 1.56. The second kappa shape index (κ2) is 8.60. The molecule has 4 amide bonds. The van der Waals surface area contributed by atoms with Gasteiger partial charge in [0.25, 0.3) is 5.91 Å². The Bertz CT molecular complexity index is 1090. The zero-order valence-corrected chi connectivity index (χ0v) is 18.5. The molecule has 0 aromatic carbocycles. The van der Waals surface area contributed by atoms with Gasteiger partial charge in [0.1, 0.15) is 17.4 Å². The Morgan fingerprint density at radius 3 is 2.59 bits per heavy atom. The molecular weight excluding hydrogens is 432 g/mol. The van der Waals surface area contributed by atoms with Crippen molar-refractivity contribution in [2.45, 2.75) is 44.8 Å². The SMILES string of the molecule is CC(=O)Nc1ncc(C(C)N2CCC3(CC2)NC(=O)N(Cc2ncc(C#N)cn2)C3=O)s1. The van der Waals surface area contributed by atoms with Gasteiger partial charge in [-0.15, -0.1) is 11.3 Å². The summed E-state index contributed by atoms with van der Waals surface area (Å²) in [4.78, 5) is 53.7. The van der Waals surface area contributed by atoms with Crippen LogP contribution in [-0.2, 0) is 16.1 Å². The van der Waals surface area contributed by atoms with E-state index < -0.39 is 11.6 Å². The van der Waals surface area contributed by atoms with Crippen molar-refractivity contribution in [2.75, 3.05) is 18.4 Å². The largest absolute Gasteiger partial charge is 0.325 e. The molecule has 11 nitrogen and oxygen atoms in total. The first kappa shape index (κ1) is 21.8. The third kappa shape index (κ3) is 4.17. The van der Waals surface area contributed by atoms with Gasteiger partial charge in [-0.1, -0.05) is 0 Å². The van der Waals surface area contributed by atoms with Crippen molar-refractivity contribution in [3.8, 4) is 6.07 Å². The predicted molar refractivity (Wildman–Crippen MR) is 114 cm³/mol. The van der Waals surface area contributed by atoms with Crippen LogP contribution >= 0.6 is 11.3 Å². The number of nitrogens with one attached hydrogen (secondary N) is 2. The molecule has 12 heteroatoms. The first-order valence-electron chi connectivity index (χ1n) is 10.1. The maximum Gasteiger partial charge on any atom is 0.325 e. The summed E-state index contributed by atoms with van der Waals surface area (Å²) in [5.41, 5.74) is -0.608. The molecule has 2 aliphatic heterocycles. The average Bonchev–Trinajstić information content (AvgIpc) is 3.32. The maximum atomic E-state index is 13.1. The molecule has 2 aromatic rings. The Labute approximate surface area is 188 Å². The summed E-state index contributed by atoms with van der Waals surface area (Å²) in [6.45, 7) is 4.72. The number of aromatic nitrogens is 3. The van der Waals surface area contributed by atoms with E-state index in [1.54, 1.807) is 6.20 Å². The Balaban J connectivity index is 1.39. The number of nitriles is 1. The number of piperidine rings is 1. The molecule has 1 spiro atoms. The van der Waals surface area contributed by atoms with E-state index >= 15 is 0 Å². The highest BCUT2D eigenvalue weighted by molar-refractivity contribution is 7.15. The monoisotopic (exact) mass is 454 g/mol. The summed E-state index contributed by atoms with van der Waals surface area (Å²) in [5.74, 6) is -0.130. The van der Waals surface area contributed by atoms with Crippen LogP contribution < -0.4 is 10.6 Å². The van der Waals surface area contributed by atoms with Crippen molar-refractivity contribution in [1.82, 2.24) is 30.1 Å². The number of likely N-dealkylation sites (tertiary alicyclic amines) is 1. The van der Waals surface area contributed by atoms with Gasteiger partial charge < -0.3 is 10.6 Å². The molecule has 1 atom stereocenters.